The van der Waals surface area contributed by atoms with Gasteiger partial charge in [0, 0.05) is 21.1 Å². The molecule has 0 aliphatic heterocycles. The predicted octanol–water partition coefficient (Wildman–Crippen LogP) is -2.70. The maximum absolute atomic E-state index is 8.56. The molecule has 4 N–H and O–H groups in total. The summed E-state index contributed by atoms with van der Waals surface area (Å²) >= 11 is 0. The summed E-state index contributed by atoms with van der Waals surface area (Å²) in [6, 6.07) is 0. The Balaban J connectivity index is -0.00000000750. The van der Waals surface area contributed by atoms with Gasteiger partial charge in [-0.25, -0.2) is 4.79 Å². The van der Waals surface area contributed by atoms with Gasteiger partial charge in [0.1, 0.15) is 0 Å². The second-order valence-corrected chi connectivity index (χ2v) is 0.283. The first kappa shape index (κ1) is 33.2. The molecule has 0 atom stereocenters. The molecule has 0 unspecified atom stereocenters. The Labute approximate surface area is 101 Å². The zero-order valence-electron chi connectivity index (χ0n) is 2.71. The van der Waals surface area contributed by atoms with E-state index in [0.29, 0.717) is 0 Å². The van der Waals surface area contributed by atoms with E-state index in [1.54, 1.807) is 0 Å². The quantitative estimate of drug-likeness (QED) is 0.457. The first-order valence-electron chi connectivity index (χ1n) is 0.651. The molecule has 0 radical (unpaired) electrons. The van der Waals surface area contributed by atoms with E-state index in [-0.39, 0.29) is 81.6 Å². The normalized spacial score (nSPS) is 3.00. The van der Waals surface area contributed by atoms with E-state index in [4.69, 9.17) is 15.0 Å². The van der Waals surface area contributed by atoms with Gasteiger partial charge >= 0.3 is 43.9 Å². The van der Waals surface area contributed by atoms with Gasteiger partial charge < -0.3 is 15.7 Å². The van der Waals surface area contributed by atoms with Crippen LogP contribution in [0, 0.1) is 0 Å². The molecule has 0 aromatic heterocycles. The van der Waals surface area contributed by atoms with Gasteiger partial charge in [0.25, 0.3) is 0 Å². The zero-order chi connectivity index (χ0) is 3.58. The Bertz CT molecular complexity index is 39.0. The third-order valence-electron chi connectivity index (χ3n) is 0. The monoisotopic (exact) mass is 250 g/mol. The topological polar surface area (TPSA) is 89.0 Å². The molecule has 0 fully saturated rings. The van der Waals surface area contributed by atoms with Crippen molar-refractivity contribution in [2.24, 2.45) is 0 Å². The van der Waals surface area contributed by atoms with Crippen molar-refractivity contribution in [3.05, 3.63) is 0 Å². The van der Waals surface area contributed by atoms with E-state index in [1.807, 2.05) is 0 Å². The Hall–Kier alpha value is 1.71. The Kier molecular flexibility index (Phi) is 96.9. The van der Waals surface area contributed by atoms with Crippen molar-refractivity contribution in [2.45, 2.75) is 0 Å². The van der Waals surface area contributed by atoms with Crippen LogP contribution in [0.4, 0.5) is 4.79 Å². The molecule has 0 aromatic carbocycles. The number of rotatable bonds is 0. The van der Waals surface area contributed by atoms with Crippen molar-refractivity contribution in [2.75, 3.05) is 0 Å². The minimum atomic E-state index is -1.83. The number of carboxylic acid groups (broad SMARTS) is 2. The van der Waals surface area contributed by atoms with Gasteiger partial charge in [-0.05, 0) is 0 Å². The first-order valence-corrected chi connectivity index (χ1v) is 0.651. The van der Waals surface area contributed by atoms with Gasteiger partial charge in [0.15, 0.2) is 17.4 Å². The molecule has 0 saturated carbocycles. The fraction of sp³-hybridized carbons (Fsp3) is 0. The SMILES string of the molecule is O.O=C(O)O.[AlH3].[CaH2].[Mo]. The maximum atomic E-state index is 8.56. The molecule has 8 heavy (non-hydrogen) atoms. The molecular weight excluding hydrogens is 239 g/mol. The summed E-state index contributed by atoms with van der Waals surface area (Å²) in [6.45, 7) is 0. The van der Waals surface area contributed by atoms with E-state index in [2.05, 4.69) is 0 Å². The van der Waals surface area contributed by atoms with Gasteiger partial charge in [-0.1, -0.05) is 0 Å². The van der Waals surface area contributed by atoms with Crippen molar-refractivity contribution in [3.63, 3.8) is 0 Å². The van der Waals surface area contributed by atoms with Crippen LogP contribution in [0.1, 0.15) is 0 Å². The molecule has 7 heteroatoms. The Morgan fingerprint density at radius 2 is 1.25 bits per heavy atom. The van der Waals surface area contributed by atoms with Crippen LogP contribution in [0.5, 0.6) is 0 Å². The third-order valence-corrected chi connectivity index (χ3v) is 0. The molecule has 0 spiro atoms. The molecule has 48 valence electrons. The van der Waals surface area contributed by atoms with Gasteiger partial charge in [-0.2, -0.15) is 0 Å². The summed E-state index contributed by atoms with van der Waals surface area (Å²) in [4.78, 5) is 8.56. The number of hydrogen-bond donors (Lipinski definition) is 2. The summed E-state index contributed by atoms with van der Waals surface area (Å²) in [5.74, 6) is 0. The molecule has 0 aromatic rings. The third kappa shape index (κ3) is 119. The minimum absolute atomic E-state index is 0. The van der Waals surface area contributed by atoms with Crippen LogP contribution in [0.15, 0.2) is 0 Å². The largest absolute Gasteiger partial charge is 0 e. The van der Waals surface area contributed by atoms with E-state index in [0.717, 1.165) is 0 Å². The van der Waals surface area contributed by atoms with Crippen molar-refractivity contribution >= 4 is 61.3 Å². The standard InChI is InChI=1S/CH2O3.Al.Ca.Mo.H2O.5H/c2-1(3)4;;;;;;;;;/h(H2,2,3,4);;;;1H2;;;;;. The second kappa shape index (κ2) is 23.3. The number of carbonyl (C=O) groups is 1. The molecule has 0 amide bonds. The maximum Gasteiger partial charge on any atom is 0 e. The van der Waals surface area contributed by atoms with Crippen LogP contribution >= 0.6 is 0 Å². The molecule has 0 saturated heterocycles. The average Bonchev–Trinajstić information content (AvgIpc) is 0.811. The summed E-state index contributed by atoms with van der Waals surface area (Å²) in [5, 5.41) is 13.9. The number of hydrogen-bond acceptors (Lipinski definition) is 1. The average molecular weight is 248 g/mol. The van der Waals surface area contributed by atoms with Crippen LogP contribution in [0.3, 0.4) is 0 Å². The van der Waals surface area contributed by atoms with Gasteiger partial charge in [0.2, 0.25) is 0 Å². The molecule has 0 bridgehead atoms. The van der Waals surface area contributed by atoms with Crippen molar-refractivity contribution < 1.29 is 41.5 Å². The van der Waals surface area contributed by atoms with Crippen LogP contribution in [0.2, 0.25) is 0 Å². The van der Waals surface area contributed by atoms with Crippen LogP contribution in [-0.4, -0.2) is 76.9 Å². The minimum Gasteiger partial charge on any atom is 0 e. The van der Waals surface area contributed by atoms with Crippen LogP contribution < -0.4 is 0 Å². The van der Waals surface area contributed by atoms with Crippen LogP contribution in [0.25, 0.3) is 0 Å². The van der Waals surface area contributed by atoms with Gasteiger partial charge in [0.05, 0.1) is 0 Å². The summed E-state index contributed by atoms with van der Waals surface area (Å²) < 4.78 is 0. The molecule has 0 rings (SSSR count). The van der Waals surface area contributed by atoms with E-state index in [1.165, 1.54) is 0 Å². The van der Waals surface area contributed by atoms with Crippen molar-refractivity contribution in [1.29, 1.82) is 0 Å². The molecular formula is CH9AlCaMoO4. The summed E-state index contributed by atoms with van der Waals surface area (Å²) in [6.07, 6.45) is -1.83. The second-order valence-electron chi connectivity index (χ2n) is 0.283. The summed E-state index contributed by atoms with van der Waals surface area (Å²) in [5.41, 5.74) is 0. The molecule has 0 aliphatic carbocycles. The fourth-order valence-corrected chi connectivity index (χ4v) is 0. The zero-order valence-corrected chi connectivity index (χ0v) is 4.72. The van der Waals surface area contributed by atoms with E-state index in [9.17, 15) is 0 Å². The van der Waals surface area contributed by atoms with Crippen LogP contribution in [-0.2, 0) is 21.1 Å². The molecule has 4 nitrogen and oxygen atoms in total. The first-order chi connectivity index (χ1) is 1.73. The predicted molar refractivity (Wildman–Crippen MR) is 32.8 cm³/mol. The van der Waals surface area contributed by atoms with Gasteiger partial charge in [-0.3, -0.25) is 0 Å². The molecule has 0 aliphatic rings. The van der Waals surface area contributed by atoms with Crippen molar-refractivity contribution in [1.82, 2.24) is 0 Å². The Morgan fingerprint density at radius 3 is 1.25 bits per heavy atom. The van der Waals surface area contributed by atoms with Gasteiger partial charge in [-0.15, -0.1) is 0 Å². The van der Waals surface area contributed by atoms with Crippen molar-refractivity contribution in [3.8, 4) is 0 Å². The molecule has 0 heterocycles. The fourth-order valence-electron chi connectivity index (χ4n) is 0. The Morgan fingerprint density at radius 1 is 1.25 bits per heavy atom. The van der Waals surface area contributed by atoms with E-state index < -0.39 is 6.16 Å². The van der Waals surface area contributed by atoms with E-state index >= 15 is 0 Å². The summed E-state index contributed by atoms with van der Waals surface area (Å²) in [7, 11) is 0. The smallest absolute Gasteiger partial charge is 0 e.